The first-order valence-electron chi connectivity index (χ1n) is 3.90. The van der Waals surface area contributed by atoms with Gasteiger partial charge in [0.25, 0.3) is 0 Å². The minimum atomic E-state index is -2.99. The molecule has 0 heterocycles. The molecular formula is C7H17NO2S. The van der Waals surface area contributed by atoms with Crippen LogP contribution in [-0.4, -0.2) is 31.6 Å². The van der Waals surface area contributed by atoms with Gasteiger partial charge in [-0.1, -0.05) is 13.8 Å². The van der Waals surface area contributed by atoms with Gasteiger partial charge in [-0.2, -0.15) is 4.31 Å². The molecule has 68 valence electrons. The van der Waals surface area contributed by atoms with Crippen molar-refractivity contribution in [2.75, 3.05) is 12.8 Å². The minimum absolute atomic E-state index is 0.120. The maximum atomic E-state index is 11.1. The van der Waals surface area contributed by atoms with Crippen molar-refractivity contribution in [2.45, 2.75) is 33.2 Å². The highest BCUT2D eigenvalue weighted by Gasteiger charge is 2.19. The Bertz CT molecular complexity index is 198. The molecule has 0 amide bonds. The summed E-state index contributed by atoms with van der Waals surface area (Å²) in [7, 11) is -2.99. The second kappa shape index (κ2) is 4.07. The number of sulfonamides is 1. The highest BCUT2D eigenvalue weighted by atomic mass is 32.2. The van der Waals surface area contributed by atoms with Crippen LogP contribution in [-0.2, 0) is 10.0 Å². The molecule has 0 spiro atoms. The molecule has 0 saturated carbocycles. The fourth-order valence-corrected chi connectivity index (χ4v) is 2.35. The van der Waals surface area contributed by atoms with Gasteiger partial charge < -0.3 is 0 Å². The molecule has 0 saturated heterocycles. The molecule has 0 radical (unpaired) electrons. The average molecular weight is 179 g/mol. The summed E-state index contributed by atoms with van der Waals surface area (Å²) >= 11 is 0. The Hall–Kier alpha value is -0.0900. The van der Waals surface area contributed by atoms with Gasteiger partial charge in [0, 0.05) is 12.6 Å². The predicted octanol–water partition coefficient (Wildman–Crippen LogP) is 1.07. The van der Waals surface area contributed by atoms with Gasteiger partial charge in [0.15, 0.2) is 0 Å². The van der Waals surface area contributed by atoms with Crippen LogP contribution in [0.5, 0.6) is 0 Å². The highest BCUT2D eigenvalue weighted by Crippen LogP contribution is 2.07. The van der Waals surface area contributed by atoms with Gasteiger partial charge >= 0.3 is 0 Å². The highest BCUT2D eigenvalue weighted by molar-refractivity contribution is 7.88. The van der Waals surface area contributed by atoms with E-state index in [-0.39, 0.29) is 6.04 Å². The van der Waals surface area contributed by atoms with E-state index in [1.807, 2.05) is 20.8 Å². The van der Waals surface area contributed by atoms with Crippen LogP contribution in [0.25, 0.3) is 0 Å². The molecule has 0 rings (SSSR count). The largest absolute Gasteiger partial charge is 0.212 e. The lowest BCUT2D eigenvalue weighted by molar-refractivity contribution is 0.345. The second-order valence-electron chi connectivity index (χ2n) is 2.72. The zero-order chi connectivity index (χ0) is 9.07. The molecule has 0 fully saturated rings. The average Bonchev–Trinajstić information content (AvgIpc) is 1.86. The molecule has 4 heteroatoms. The van der Waals surface area contributed by atoms with E-state index in [0.29, 0.717) is 6.54 Å². The maximum Gasteiger partial charge on any atom is 0.211 e. The number of hydrogen-bond donors (Lipinski definition) is 0. The summed E-state index contributed by atoms with van der Waals surface area (Å²) in [5.41, 5.74) is 0. The van der Waals surface area contributed by atoms with Gasteiger partial charge in [0.1, 0.15) is 0 Å². The van der Waals surface area contributed by atoms with E-state index < -0.39 is 10.0 Å². The summed E-state index contributed by atoms with van der Waals surface area (Å²) < 4.78 is 23.7. The van der Waals surface area contributed by atoms with Crippen LogP contribution in [0.4, 0.5) is 0 Å². The summed E-state index contributed by atoms with van der Waals surface area (Å²) in [6, 6.07) is 0.120. The first kappa shape index (κ1) is 10.9. The van der Waals surface area contributed by atoms with Crippen LogP contribution in [0.15, 0.2) is 0 Å². The van der Waals surface area contributed by atoms with Crippen LogP contribution in [0.3, 0.4) is 0 Å². The smallest absolute Gasteiger partial charge is 0.211 e. The van der Waals surface area contributed by atoms with Crippen molar-refractivity contribution < 1.29 is 8.42 Å². The summed E-state index contributed by atoms with van der Waals surface area (Å²) in [5.74, 6) is 0. The Labute approximate surface area is 69.4 Å². The molecule has 0 aliphatic rings. The van der Waals surface area contributed by atoms with Crippen molar-refractivity contribution in [3.63, 3.8) is 0 Å². The van der Waals surface area contributed by atoms with Crippen LogP contribution in [0, 0.1) is 0 Å². The van der Waals surface area contributed by atoms with Gasteiger partial charge in [-0.25, -0.2) is 8.42 Å². The molecule has 0 aliphatic heterocycles. The van der Waals surface area contributed by atoms with E-state index in [4.69, 9.17) is 0 Å². The SMILES string of the molecule is CCC(C)N(CC)S(C)(=O)=O. The first-order valence-corrected chi connectivity index (χ1v) is 5.75. The van der Waals surface area contributed by atoms with Crippen molar-refractivity contribution in [1.29, 1.82) is 0 Å². The second-order valence-corrected chi connectivity index (χ2v) is 4.66. The molecule has 0 aromatic heterocycles. The summed E-state index contributed by atoms with van der Waals surface area (Å²) in [4.78, 5) is 0. The standard InChI is InChI=1S/C7H17NO2S/c1-5-7(3)8(6-2)11(4,9)10/h7H,5-6H2,1-4H3. The van der Waals surface area contributed by atoms with Crippen molar-refractivity contribution >= 4 is 10.0 Å². The molecule has 0 aliphatic carbocycles. The molecule has 11 heavy (non-hydrogen) atoms. The van der Waals surface area contributed by atoms with E-state index in [9.17, 15) is 8.42 Å². The Morgan fingerprint density at radius 3 is 1.91 bits per heavy atom. The van der Waals surface area contributed by atoms with Crippen LogP contribution < -0.4 is 0 Å². The third-order valence-corrected chi connectivity index (χ3v) is 3.29. The van der Waals surface area contributed by atoms with Crippen molar-refractivity contribution in [1.82, 2.24) is 4.31 Å². The van der Waals surface area contributed by atoms with E-state index in [1.54, 1.807) is 0 Å². The quantitative estimate of drug-likeness (QED) is 0.647. The monoisotopic (exact) mass is 179 g/mol. The van der Waals surface area contributed by atoms with Gasteiger partial charge in [0.05, 0.1) is 6.26 Å². The van der Waals surface area contributed by atoms with Crippen LogP contribution >= 0.6 is 0 Å². The first-order chi connectivity index (χ1) is 4.93. The van der Waals surface area contributed by atoms with Crippen molar-refractivity contribution in [2.24, 2.45) is 0 Å². The molecular weight excluding hydrogens is 162 g/mol. The Kier molecular flexibility index (Phi) is 4.03. The van der Waals surface area contributed by atoms with Gasteiger partial charge in [-0.05, 0) is 13.3 Å². The maximum absolute atomic E-state index is 11.1. The van der Waals surface area contributed by atoms with Gasteiger partial charge in [-0.3, -0.25) is 0 Å². The van der Waals surface area contributed by atoms with Crippen molar-refractivity contribution in [3.8, 4) is 0 Å². The molecule has 0 N–H and O–H groups in total. The lowest BCUT2D eigenvalue weighted by Gasteiger charge is -2.23. The molecule has 1 unspecified atom stereocenters. The molecule has 0 aromatic carbocycles. The summed E-state index contributed by atoms with van der Waals surface area (Å²) in [5, 5.41) is 0. The van der Waals surface area contributed by atoms with Crippen molar-refractivity contribution in [3.05, 3.63) is 0 Å². The fourth-order valence-electron chi connectivity index (χ4n) is 1.08. The predicted molar refractivity (Wildman–Crippen MR) is 47.0 cm³/mol. The summed E-state index contributed by atoms with van der Waals surface area (Å²) in [6.07, 6.45) is 2.11. The zero-order valence-corrected chi connectivity index (χ0v) is 8.48. The Morgan fingerprint density at radius 1 is 1.36 bits per heavy atom. The molecule has 0 aromatic rings. The number of hydrogen-bond acceptors (Lipinski definition) is 2. The third kappa shape index (κ3) is 3.20. The molecule has 1 atom stereocenters. The number of rotatable bonds is 4. The van der Waals surface area contributed by atoms with Crippen LogP contribution in [0.1, 0.15) is 27.2 Å². The summed E-state index contributed by atoms with van der Waals surface area (Å²) in [6.45, 7) is 6.32. The van der Waals surface area contributed by atoms with E-state index >= 15 is 0 Å². The zero-order valence-electron chi connectivity index (χ0n) is 7.66. The van der Waals surface area contributed by atoms with Gasteiger partial charge in [-0.15, -0.1) is 0 Å². The molecule has 0 bridgehead atoms. The minimum Gasteiger partial charge on any atom is -0.212 e. The van der Waals surface area contributed by atoms with E-state index in [2.05, 4.69) is 0 Å². The normalized spacial score (nSPS) is 15.4. The third-order valence-electron chi connectivity index (χ3n) is 1.82. The topological polar surface area (TPSA) is 37.4 Å². The number of nitrogens with zero attached hydrogens (tertiary/aromatic N) is 1. The van der Waals surface area contributed by atoms with E-state index in [1.165, 1.54) is 10.6 Å². The lowest BCUT2D eigenvalue weighted by Crippen LogP contribution is -2.37. The van der Waals surface area contributed by atoms with E-state index in [0.717, 1.165) is 6.42 Å². The Morgan fingerprint density at radius 2 is 1.82 bits per heavy atom. The van der Waals surface area contributed by atoms with Crippen LogP contribution in [0.2, 0.25) is 0 Å². The van der Waals surface area contributed by atoms with Gasteiger partial charge in [0.2, 0.25) is 10.0 Å². The molecule has 3 nitrogen and oxygen atoms in total. The fraction of sp³-hybridized carbons (Fsp3) is 1.00. The Balaban J connectivity index is 4.42. The lowest BCUT2D eigenvalue weighted by atomic mass is 10.3.